The fourth-order valence-electron chi connectivity index (χ4n) is 1.34. The predicted molar refractivity (Wildman–Crippen MR) is 69.0 cm³/mol. The second-order valence-corrected chi connectivity index (χ2v) is 4.26. The van der Waals surface area contributed by atoms with Crippen LogP contribution in [-0.2, 0) is 0 Å². The van der Waals surface area contributed by atoms with Crippen molar-refractivity contribution in [2.75, 3.05) is 5.73 Å². The molecule has 0 heterocycles. The molecule has 0 bridgehead atoms. The average molecular weight is 295 g/mol. The number of nitrogens with two attached hydrogens (primary N) is 1. The van der Waals surface area contributed by atoms with Gasteiger partial charge in [0.15, 0.2) is 0 Å². The van der Waals surface area contributed by atoms with E-state index in [1.807, 2.05) is 30.3 Å². The Balaban J connectivity index is 2.48. The van der Waals surface area contributed by atoms with Crippen LogP contribution in [0.2, 0.25) is 0 Å². The van der Waals surface area contributed by atoms with E-state index >= 15 is 0 Å². The van der Waals surface area contributed by atoms with Crippen LogP contribution in [-0.4, -0.2) is 0 Å². The molecule has 0 fully saturated rings. The van der Waals surface area contributed by atoms with E-state index in [1.165, 1.54) is 11.1 Å². The maximum atomic E-state index is 5.76. The molecular formula is C12H10IN. The molecule has 14 heavy (non-hydrogen) atoms. The third kappa shape index (κ3) is 1.90. The van der Waals surface area contributed by atoms with Crippen molar-refractivity contribution in [1.82, 2.24) is 0 Å². The van der Waals surface area contributed by atoms with E-state index in [0.29, 0.717) is 0 Å². The van der Waals surface area contributed by atoms with Crippen molar-refractivity contribution in [3.05, 3.63) is 52.1 Å². The molecule has 1 nitrogen and oxygen atoms in total. The lowest BCUT2D eigenvalue weighted by Crippen LogP contribution is -1.89. The van der Waals surface area contributed by atoms with E-state index in [9.17, 15) is 0 Å². The SMILES string of the molecule is Nc1ccc(-c2ccccc2)cc1I. The fraction of sp³-hybridized carbons (Fsp3) is 0. The van der Waals surface area contributed by atoms with E-state index < -0.39 is 0 Å². The van der Waals surface area contributed by atoms with Crippen LogP contribution in [0.3, 0.4) is 0 Å². The van der Waals surface area contributed by atoms with Crippen molar-refractivity contribution in [1.29, 1.82) is 0 Å². The predicted octanol–water partition coefficient (Wildman–Crippen LogP) is 3.54. The Labute approximate surface area is 97.1 Å². The summed E-state index contributed by atoms with van der Waals surface area (Å²) in [5.41, 5.74) is 9.04. The zero-order chi connectivity index (χ0) is 9.97. The maximum Gasteiger partial charge on any atom is 0.0450 e. The van der Waals surface area contributed by atoms with Crippen LogP contribution in [0.15, 0.2) is 48.5 Å². The Morgan fingerprint density at radius 3 is 2.21 bits per heavy atom. The highest BCUT2D eigenvalue weighted by molar-refractivity contribution is 14.1. The minimum atomic E-state index is 0.838. The van der Waals surface area contributed by atoms with E-state index in [0.717, 1.165) is 9.26 Å². The number of hydrogen-bond acceptors (Lipinski definition) is 1. The van der Waals surface area contributed by atoms with Gasteiger partial charge in [0.2, 0.25) is 0 Å². The zero-order valence-electron chi connectivity index (χ0n) is 7.57. The fourth-order valence-corrected chi connectivity index (χ4v) is 1.85. The van der Waals surface area contributed by atoms with Gasteiger partial charge in [0, 0.05) is 9.26 Å². The molecule has 0 amide bonds. The molecule has 0 saturated heterocycles. The number of benzene rings is 2. The first-order valence-electron chi connectivity index (χ1n) is 4.38. The number of rotatable bonds is 1. The molecule has 2 heteroatoms. The van der Waals surface area contributed by atoms with Crippen LogP contribution in [0, 0.1) is 3.57 Å². The monoisotopic (exact) mass is 295 g/mol. The number of halogens is 1. The normalized spacial score (nSPS) is 10.1. The van der Waals surface area contributed by atoms with Gasteiger partial charge in [0.25, 0.3) is 0 Å². The summed E-state index contributed by atoms with van der Waals surface area (Å²) < 4.78 is 1.10. The smallest absolute Gasteiger partial charge is 0.0450 e. The van der Waals surface area contributed by atoms with Gasteiger partial charge in [0.1, 0.15) is 0 Å². The highest BCUT2D eigenvalue weighted by Gasteiger charge is 1.99. The van der Waals surface area contributed by atoms with Crippen molar-refractivity contribution < 1.29 is 0 Å². The lowest BCUT2D eigenvalue weighted by molar-refractivity contribution is 1.58. The van der Waals surface area contributed by atoms with Gasteiger partial charge in [0.05, 0.1) is 0 Å². The van der Waals surface area contributed by atoms with Crippen LogP contribution < -0.4 is 5.73 Å². The van der Waals surface area contributed by atoms with E-state index in [4.69, 9.17) is 5.73 Å². The first-order chi connectivity index (χ1) is 6.77. The van der Waals surface area contributed by atoms with Gasteiger partial charge in [-0.3, -0.25) is 0 Å². The van der Waals surface area contributed by atoms with Gasteiger partial charge in [-0.1, -0.05) is 36.4 Å². The molecule has 70 valence electrons. The molecule has 2 aromatic carbocycles. The molecule has 2 rings (SSSR count). The van der Waals surface area contributed by atoms with Gasteiger partial charge in [-0.2, -0.15) is 0 Å². The molecule has 2 N–H and O–H groups in total. The van der Waals surface area contributed by atoms with Crippen molar-refractivity contribution in [2.24, 2.45) is 0 Å². The molecule has 0 aromatic heterocycles. The molecule has 0 aliphatic heterocycles. The van der Waals surface area contributed by atoms with Crippen LogP contribution in [0.25, 0.3) is 11.1 Å². The minimum absolute atomic E-state index is 0.838. The van der Waals surface area contributed by atoms with Crippen molar-refractivity contribution in [2.45, 2.75) is 0 Å². The van der Waals surface area contributed by atoms with Crippen molar-refractivity contribution in [3.8, 4) is 11.1 Å². The molecule has 0 atom stereocenters. The Morgan fingerprint density at radius 1 is 0.857 bits per heavy atom. The summed E-state index contributed by atoms with van der Waals surface area (Å²) in [7, 11) is 0. The average Bonchev–Trinajstić information content (AvgIpc) is 2.23. The first kappa shape index (κ1) is 9.52. The summed E-state index contributed by atoms with van der Waals surface area (Å²) >= 11 is 2.25. The Kier molecular flexibility index (Phi) is 2.72. The Bertz CT molecular complexity index is 437. The van der Waals surface area contributed by atoms with Crippen molar-refractivity contribution in [3.63, 3.8) is 0 Å². The minimum Gasteiger partial charge on any atom is -0.398 e. The zero-order valence-corrected chi connectivity index (χ0v) is 9.73. The molecule has 0 radical (unpaired) electrons. The number of nitrogen functional groups attached to an aromatic ring is 1. The molecule has 2 aromatic rings. The van der Waals surface area contributed by atoms with Gasteiger partial charge in [-0.25, -0.2) is 0 Å². The van der Waals surface area contributed by atoms with Gasteiger partial charge >= 0.3 is 0 Å². The molecule has 0 aliphatic rings. The van der Waals surface area contributed by atoms with Crippen LogP contribution in [0.1, 0.15) is 0 Å². The highest BCUT2D eigenvalue weighted by Crippen LogP contribution is 2.24. The van der Waals surface area contributed by atoms with E-state index in [2.05, 4.69) is 40.8 Å². The molecule has 0 unspecified atom stereocenters. The lowest BCUT2D eigenvalue weighted by Gasteiger charge is -2.03. The third-order valence-corrected chi connectivity index (χ3v) is 3.04. The van der Waals surface area contributed by atoms with Crippen LogP contribution in [0.4, 0.5) is 5.69 Å². The van der Waals surface area contributed by atoms with Gasteiger partial charge < -0.3 is 5.73 Å². The maximum absolute atomic E-state index is 5.76. The van der Waals surface area contributed by atoms with E-state index in [-0.39, 0.29) is 0 Å². The summed E-state index contributed by atoms with van der Waals surface area (Å²) in [6.07, 6.45) is 0. The standard InChI is InChI=1S/C12H10IN/c13-11-8-10(6-7-12(11)14)9-4-2-1-3-5-9/h1-8H,14H2. The van der Waals surface area contributed by atoms with Gasteiger partial charge in [-0.05, 0) is 45.9 Å². The molecule has 0 spiro atoms. The number of hydrogen-bond donors (Lipinski definition) is 1. The van der Waals surface area contributed by atoms with E-state index in [1.54, 1.807) is 0 Å². The summed E-state index contributed by atoms with van der Waals surface area (Å²) in [6.45, 7) is 0. The summed E-state index contributed by atoms with van der Waals surface area (Å²) in [5.74, 6) is 0. The molecule has 0 aliphatic carbocycles. The van der Waals surface area contributed by atoms with Crippen LogP contribution in [0.5, 0.6) is 0 Å². The second kappa shape index (κ2) is 4.00. The van der Waals surface area contributed by atoms with Gasteiger partial charge in [-0.15, -0.1) is 0 Å². The summed E-state index contributed by atoms with van der Waals surface area (Å²) in [6, 6.07) is 16.4. The van der Waals surface area contributed by atoms with Crippen LogP contribution >= 0.6 is 22.6 Å². The largest absolute Gasteiger partial charge is 0.398 e. The molecular weight excluding hydrogens is 285 g/mol. The number of anilines is 1. The quantitative estimate of drug-likeness (QED) is 0.632. The lowest BCUT2D eigenvalue weighted by atomic mass is 10.1. The first-order valence-corrected chi connectivity index (χ1v) is 5.46. The molecule has 0 saturated carbocycles. The van der Waals surface area contributed by atoms with Crippen molar-refractivity contribution >= 4 is 28.3 Å². The Morgan fingerprint density at radius 2 is 1.57 bits per heavy atom. The summed E-state index contributed by atoms with van der Waals surface area (Å²) in [4.78, 5) is 0. The Hall–Kier alpha value is -1.03. The highest BCUT2D eigenvalue weighted by atomic mass is 127. The summed E-state index contributed by atoms with van der Waals surface area (Å²) in [5, 5.41) is 0. The second-order valence-electron chi connectivity index (χ2n) is 3.10. The topological polar surface area (TPSA) is 26.0 Å². The third-order valence-electron chi connectivity index (χ3n) is 2.11.